The van der Waals surface area contributed by atoms with E-state index in [-0.39, 0.29) is 0 Å². The standard InChI is InChI=1S/C17H16N4/c1-2-4-13(5-3-1)17-19-15-8-11-21(12-16(15)20-17)14-6-9-18-10-7-14/h1-7,9-10H,8,11-12H2,(H,19,20). The van der Waals surface area contributed by atoms with E-state index in [1.165, 1.54) is 17.1 Å². The van der Waals surface area contributed by atoms with Crippen LogP contribution in [0.4, 0.5) is 5.69 Å². The van der Waals surface area contributed by atoms with Crippen molar-refractivity contribution in [3.05, 3.63) is 66.2 Å². The maximum absolute atomic E-state index is 4.75. The second-order valence-electron chi connectivity index (χ2n) is 5.25. The summed E-state index contributed by atoms with van der Waals surface area (Å²) >= 11 is 0. The number of fused-ring (bicyclic) bond motifs is 1. The molecule has 4 heteroatoms. The average molecular weight is 276 g/mol. The smallest absolute Gasteiger partial charge is 0.137 e. The molecule has 1 aromatic carbocycles. The highest BCUT2D eigenvalue weighted by atomic mass is 15.2. The lowest BCUT2D eigenvalue weighted by Crippen LogP contribution is -2.30. The minimum absolute atomic E-state index is 0.874. The molecule has 0 unspecified atom stereocenters. The van der Waals surface area contributed by atoms with Crippen LogP contribution in [0.15, 0.2) is 54.9 Å². The van der Waals surface area contributed by atoms with Crippen LogP contribution < -0.4 is 4.90 Å². The van der Waals surface area contributed by atoms with Crippen molar-refractivity contribution >= 4 is 5.69 Å². The van der Waals surface area contributed by atoms with E-state index in [1.807, 2.05) is 30.6 Å². The molecule has 3 heterocycles. The Kier molecular flexibility index (Phi) is 2.92. The van der Waals surface area contributed by atoms with Gasteiger partial charge in [0, 0.05) is 36.6 Å². The number of pyridine rings is 1. The molecular formula is C17H16N4. The van der Waals surface area contributed by atoms with E-state index in [0.29, 0.717) is 0 Å². The first kappa shape index (κ1) is 12.1. The van der Waals surface area contributed by atoms with Crippen LogP contribution in [0.25, 0.3) is 11.4 Å². The molecule has 1 N–H and O–H groups in total. The number of hydrogen-bond donors (Lipinski definition) is 1. The molecular weight excluding hydrogens is 260 g/mol. The predicted molar refractivity (Wildman–Crippen MR) is 83.0 cm³/mol. The van der Waals surface area contributed by atoms with Crippen molar-refractivity contribution in [2.24, 2.45) is 0 Å². The van der Waals surface area contributed by atoms with Gasteiger partial charge in [0.1, 0.15) is 5.82 Å². The van der Waals surface area contributed by atoms with Gasteiger partial charge in [-0.15, -0.1) is 0 Å². The molecule has 4 nitrogen and oxygen atoms in total. The van der Waals surface area contributed by atoms with Crippen molar-refractivity contribution in [3.63, 3.8) is 0 Å². The fourth-order valence-corrected chi connectivity index (χ4v) is 2.80. The molecule has 1 aliphatic heterocycles. The summed E-state index contributed by atoms with van der Waals surface area (Å²) in [6.07, 6.45) is 4.65. The van der Waals surface area contributed by atoms with Crippen molar-refractivity contribution in [2.45, 2.75) is 13.0 Å². The summed E-state index contributed by atoms with van der Waals surface area (Å²) in [6.45, 7) is 1.87. The highest BCUT2D eigenvalue weighted by molar-refractivity contribution is 5.56. The van der Waals surface area contributed by atoms with E-state index in [9.17, 15) is 0 Å². The first-order chi connectivity index (χ1) is 10.4. The normalized spacial score (nSPS) is 14.0. The zero-order valence-corrected chi connectivity index (χ0v) is 11.7. The molecule has 21 heavy (non-hydrogen) atoms. The summed E-state index contributed by atoms with van der Waals surface area (Å²) < 4.78 is 0. The van der Waals surface area contributed by atoms with Crippen LogP contribution in [-0.2, 0) is 13.0 Å². The van der Waals surface area contributed by atoms with Crippen LogP contribution in [-0.4, -0.2) is 21.5 Å². The van der Waals surface area contributed by atoms with Gasteiger partial charge in [-0.25, -0.2) is 4.98 Å². The Labute approximate surface area is 123 Å². The number of imidazole rings is 1. The van der Waals surface area contributed by atoms with Gasteiger partial charge in [-0.05, 0) is 12.1 Å². The zero-order valence-electron chi connectivity index (χ0n) is 11.7. The predicted octanol–water partition coefficient (Wildman–Crippen LogP) is 3.03. The van der Waals surface area contributed by atoms with E-state index >= 15 is 0 Å². The summed E-state index contributed by atoms with van der Waals surface area (Å²) in [5, 5.41) is 0. The molecule has 2 aromatic heterocycles. The fourth-order valence-electron chi connectivity index (χ4n) is 2.80. The number of benzene rings is 1. The quantitative estimate of drug-likeness (QED) is 0.782. The molecule has 0 bridgehead atoms. The van der Waals surface area contributed by atoms with Gasteiger partial charge in [0.15, 0.2) is 0 Å². The third-order valence-electron chi connectivity index (χ3n) is 3.91. The molecule has 1 aliphatic rings. The molecule has 3 aromatic rings. The number of hydrogen-bond acceptors (Lipinski definition) is 3. The Bertz CT molecular complexity index is 734. The average Bonchev–Trinajstić information content (AvgIpc) is 2.99. The number of rotatable bonds is 2. The third kappa shape index (κ3) is 2.29. The van der Waals surface area contributed by atoms with Gasteiger partial charge in [-0.1, -0.05) is 30.3 Å². The second-order valence-corrected chi connectivity index (χ2v) is 5.25. The molecule has 104 valence electrons. The maximum Gasteiger partial charge on any atom is 0.137 e. The number of H-pyrrole nitrogens is 1. The van der Waals surface area contributed by atoms with Crippen LogP contribution >= 0.6 is 0 Å². The first-order valence-electron chi connectivity index (χ1n) is 7.18. The van der Waals surface area contributed by atoms with Crippen LogP contribution in [0.3, 0.4) is 0 Å². The fraction of sp³-hybridized carbons (Fsp3) is 0.176. The van der Waals surface area contributed by atoms with Crippen molar-refractivity contribution in [1.29, 1.82) is 0 Å². The van der Waals surface area contributed by atoms with Crippen LogP contribution in [0.2, 0.25) is 0 Å². The zero-order chi connectivity index (χ0) is 14.1. The summed E-state index contributed by atoms with van der Waals surface area (Å²) in [5.41, 5.74) is 4.77. The van der Waals surface area contributed by atoms with E-state index in [1.54, 1.807) is 0 Å². The molecule has 0 aliphatic carbocycles. The van der Waals surface area contributed by atoms with Crippen LogP contribution in [0, 0.1) is 0 Å². The number of anilines is 1. The Morgan fingerprint density at radius 2 is 1.81 bits per heavy atom. The molecule has 0 spiro atoms. The third-order valence-corrected chi connectivity index (χ3v) is 3.91. The van der Waals surface area contributed by atoms with Gasteiger partial charge in [0.25, 0.3) is 0 Å². The van der Waals surface area contributed by atoms with E-state index in [4.69, 9.17) is 4.98 Å². The SMILES string of the molecule is c1ccc(-c2nc3c([nH]2)CN(c2ccncc2)CC3)cc1. The molecule has 0 fully saturated rings. The van der Waals surface area contributed by atoms with Crippen molar-refractivity contribution < 1.29 is 0 Å². The van der Waals surface area contributed by atoms with Gasteiger partial charge in [-0.3, -0.25) is 4.98 Å². The minimum Gasteiger partial charge on any atom is -0.365 e. The van der Waals surface area contributed by atoms with E-state index in [0.717, 1.165) is 30.9 Å². The molecule has 0 amide bonds. The van der Waals surface area contributed by atoms with Crippen molar-refractivity contribution in [2.75, 3.05) is 11.4 Å². The Hall–Kier alpha value is -2.62. The van der Waals surface area contributed by atoms with Crippen LogP contribution in [0.1, 0.15) is 11.4 Å². The summed E-state index contributed by atoms with van der Waals surface area (Å²) in [7, 11) is 0. The highest BCUT2D eigenvalue weighted by Gasteiger charge is 2.20. The van der Waals surface area contributed by atoms with Gasteiger partial charge in [0.05, 0.1) is 17.9 Å². The van der Waals surface area contributed by atoms with Gasteiger partial charge in [-0.2, -0.15) is 0 Å². The van der Waals surface area contributed by atoms with Crippen molar-refractivity contribution in [3.8, 4) is 11.4 Å². The molecule has 0 saturated heterocycles. The lowest BCUT2D eigenvalue weighted by molar-refractivity contribution is 0.710. The number of aromatic amines is 1. The maximum atomic E-state index is 4.75. The topological polar surface area (TPSA) is 44.8 Å². The summed E-state index contributed by atoms with van der Waals surface area (Å²) in [6, 6.07) is 14.4. The van der Waals surface area contributed by atoms with Crippen LogP contribution in [0.5, 0.6) is 0 Å². The second kappa shape index (κ2) is 5.05. The Morgan fingerprint density at radius 1 is 1.00 bits per heavy atom. The Balaban J connectivity index is 1.63. The minimum atomic E-state index is 0.874. The van der Waals surface area contributed by atoms with Gasteiger partial charge >= 0.3 is 0 Å². The number of nitrogens with one attached hydrogen (secondary N) is 1. The van der Waals surface area contributed by atoms with E-state index < -0.39 is 0 Å². The van der Waals surface area contributed by atoms with Gasteiger partial charge in [0.2, 0.25) is 0 Å². The van der Waals surface area contributed by atoms with Crippen molar-refractivity contribution in [1.82, 2.24) is 15.0 Å². The highest BCUT2D eigenvalue weighted by Crippen LogP contribution is 2.25. The molecule has 4 rings (SSSR count). The number of nitrogens with zero attached hydrogens (tertiary/aromatic N) is 3. The Morgan fingerprint density at radius 3 is 2.62 bits per heavy atom. The molecule has 0 radical (unpaired) electrons. The van der Waals surface area contributed by atoms with E-state index in [2.05, 4.69) is 39.1 Å². The lowest BCUT2D eigenvalue weighted by atomic mass is 10.1. The first-order valence-corrected chi connectivity index (χ1v) is 7.18. The monoisotopic (exact) mass is 276 g/mol. The largest absolute Gasteiger partial charge is 0.365 e. The van der Waals surface area contributed by atoms with Gasteiger partial charge < -0.3 is 9.88 Å². The molecule has 0 saturated carbocycles. The number of aromatic nitrogens is 3. The lowest BCUT2D eigenvalue weighted by Gasteiger charge is -2.27. The summed E-state index contributed by atoms with van der Waals surface area (Å²) in [5.74, 6) is 0.970. The summed E-state index contributed by atoms with van der Waals surface area (Å²) in [4.78, 5) is 14.7. The molecule has 0 atom stereocenters.